The largest absolute Gasteiger partial charge is 0.496 e. The number of carbonyl (C=O) groups is 1. The van der Waals surface area contributed by atoms with Crippen molar-refractivity contribution < 1.29 is 18.8 Å². The first-order chi connectivity index (χ1) is 12.3. The Hall–Kier alpha value is -2.56. The summed E-state index contributed by atoms with van der Waals surface area (Å²) >= 11 is 0. The lowest BCUT2D eigenvalue weighted by molar-refractivity contribution is -0.671. The van der Waals surface area contributed by atoms with Crippen molar-refractivity contribution in [2.45, 2.75) is 39.3 Å². The van der Waals surface area contributed by atoms with Crippen LogP contribution in [-0.4, -0.2) is 30.2 Å². The average molecular weight is 355 g/mol. The van der Waals surface area contributed by atoms with E-state index in [1.54, 1.807) is 12.0 Å². The SMILES string of the molecule is COc1ccc(-c2cc[n+](C)cc2)c2c1CCN(C(=O)OC(C)(C)C)C2. The molecule has 5 nitrogen and oxygen atoms in total. The third kappa shape index (κ3) is 3.82. The molecule has 0 saturated carbocycles. The van der Waals surface area contributed by atoms with Crippen LogP contribution in [0.3, 0.4) is 0 Å². The molecular formula is C21H27N2O3+. The van der Waals surface area contributed by atoms with E-state index in [-0.39, 0.29) is 6.09 Å². The first kappa shape index (κ1) is 18.2. The number of hydrogen-bond acceptors (Lipinski definition) is 3. The molecule has 0 spiro atoms. The van der Waals surface area contributed by atoms with Gasteiger partial charge in [0.2, 0.25) is 0 Å². The summed E-state index contributed by atoms with van der Waals surface area (Å²) in [5, 5.41) is 0. The molecule has 138 valence electrons. The number of carbonyl (C=O) groups excluding carboxylic acids is 1. The summed E-state index contributed by atoms with van der Waals surface area (Å²) in [4.78, 5) is 14.3. The number of ether oxygens (including phenoxy) is 2. The zero-order valence-corrected chi connectivity index (χ0v) is 16.2. The average Bonchev–Trinajstić information content (AvgIpc) is 2.59. The Balaban J connectivity index is 1.98. The fourth-order valence-electron chi connectivity index (χ4n) is 3.27. The number of methoxy groups -OCH3 is 1. The smallest absolute Gasteiger partial charge is 0.410 e. The van der Waals surface area contributed by atoms with Gasteiger partial charge >= 0.3 is 6.09 Å². The van der Waals surface area contributed by atoms with Gasteiger partial charge in [0.25, 0.3) is 0 Å². The second-order valence-corrected chi connectivity index (χ2v) is 7.68. The first-order valence-corrected chi connectivity index (χ1v) is 8.91. The Bertz CT molecular complexity index is 807. The fraction of sp³-hybridized carbons (Fsp3) is 0.429. The van der Waals surface area contributed by atoms with Gasteiger partial charge in [0, 0.05) is 24.2 Å². The van der Waals surface area contributed by atoms with Crippen molar-refractivity contribution in [3.8, 4) is 16.9 Å². The van der Waals surface area contributed by atoms with Crippen molar-refractivity contribution in [1.82, 2.24) is 4.90 Å². The van der Waals surface area contributed by atoms with E-state index in [4.69, 9.17) is 9.47 Å². The molecule has 1 aromatic carbocycles. The van der Waals surface area contributed by atoms with Crippen LogP contribution in [-0.2, 0) is 24.8 Å². The van der Waals surface area contributed by atoms with Crippen LogP contribution >= 0.6 is 0 Å². The number of hydrogen-bond donors (Lipinski definition) is 0. The minimum Gasteiger partial charge on any atom is -0.496 e. The van der Waals surface area contributed by atoms with E-state index in [1.807, 2.05) is 50.8 Å². The number of nitrogens with zero attached hydrogens (tertiary/aromatic N) is 2. The molecular weight excluding hydrogens is 328 g/mol. The van der Waals surface area contributed by atoms with Gasteiger partial charge in [0.05, 0.1) is 13.7 Å². The van der Waals surface area contributed by atoms with Crippen LogP contribution in [0.25, 0.3) is 11.1 Å². The van der Waals surface area contributed by atoms with E-state index in [1.165, 1.54) is 5.56 Å². The minimum absolute atomic E-state index is 0.267. The highest BCUT2D eigenvalue weighted by atomic mass is 16.6. The van der Waals surface area contributed by atoms with E-state index in [0.29, 0.717) is 13.1 Å². The Kier molecular flexibility index (Phi) is 4.90. The standard InChI is InChI=1S/C21H27N2O3/c1-21(2,3)26-20(24)23-13-10-17-18(14-23)16(6-7-19(17)25-5)15-8-11-22(4)12-9-15/h6-9,11-12H,10,13-14H2,1-5H3/q+1. The monoisotopic (exact) mass is 355 g/mol. The zero-order valence-electron chi connectivity index (χ0n) is 16.2. The Morgan fingerprint density at radius 1 is 1.12 bits per heavy atom. The summed E-state index contributed by atoms with van der Waals surface area (Å²) < 4.78 is 13.1. The summed E-state index contributed by atoms with van der Waals surface area (Å²) in [5.41, 5.74) is 4.08. The molecule has 2 heterocycles. The van der Waals surface area contributed by atoms with Crippen molar-refractivity contribution in [3.05, 3.63) is 47.8 Å². The number of rotatable bonds is 2. The first-order valence-electron chi connectivity index (χ1n) is 8.91. The fourth-order valence-corrected chi connectivity index (χ4v) is 3.27. The molecule has 0 aliphatic carbocycles. The van der Waals surface area contributed by atoms with Gasteiger partial charge in [-0.1, -0.05) is 6.07 Å². The van der Waals surface area contributed by atoms with Gasteiger partial charge in [-0.15, -0.1) is 0 Å². The van der Waals surface area contributed by atoms with E-state index >= 15 is 0 Å². The summed E-state index contributed by atoms with van der Waals surface area (Å²) in [6, 6.07) is 8.28. The van der Waals surface area contributed by atoms with Crippen LogP contribution < -0.4 is 9.30 Å². The van der Waals surface area contributed by atoms with Gasteiger partial charge in [0.15, 0.2) is 12.4 Å². The van der Waals surface area contributed by atoms with E-state index in [2.05, 4.69) is 18.2 Å². The molecule has 0 unspecified atom stereocenters. The van der Waals surface area contributed by atoms with Crippen molar-refractivity contribution >= 4 is 6.09 Å². The van der Waals surface area contributed by atoms with Crippen LogP contribution in [0.2, 0.25) is 0 Å². The van der Waals surface area contributed by atoms with Gasteiger partial charge in [0.1, 0.15) is 18.4 Å². The number of pyridine rings is 1. The number of benzene rings is 1. The Morgan fingerprint density at radius 3 is 2.42 bits per heavy atom. The van der Waals surface area contributed by atoms with Crippen LogP contribution in [0.4, 0.5) is 4.79 Å². The van der Waals surface area contributed by atoms with Crippen molar-refractivity contribution in [1.29, 1.82) is 0 Å². The second kappa shape index (κ2) is 6.98. The quantitative estimate of drug-likeness (QED) is 0.775. The third-order valence-electron chi connectivity index (χ3n) is 4.53. The summed E-state index contributed by atoms with van der Waals surface area (Å²) in [7, 11) is 3.69. The van der Waals surface area contributed by atoms with E-state index in [9.17, 15) is 4.79 Å². The van der Waals surface area contributed by atoms with Crippen LogP contribution in [0.5, 0.6) is 5.75 Å². The normalized spacial score (nSPS) is 14.0. The molecule has 2 aromatic rings. The van der Waals surface area contributed by atoms with E-state index < -0.39 is 5.60 Å². The highest BCUT2D eigenvalue weighted by molar-refractivity contribution is 5.73. The summed E-state index contributed by atoms with van der Waals surface area (Å²) in [5.74, 6) is 0.883. The highest BCUT2D eigenvalue weighted by Crippen LogP contribution is 2.36. The summed E-state index contributed by atoms with van der Waals surface area (Å²) in [6.45, 7) is 6.83. The van der Waals surface area contributed by atoms with Gasteiger partial charge in [-0.2, -0.15) is 0 Å². The predicted octanol–water partition coefficient (Wildman–Crippen LogP) is 3.48. The molecule has 1 aliphatic heterocycles. The molecule has 0 fully saturated rings. The van der Waals surface area contributed by atoms with Crippen molar-refractivity contribution in [2.75, 3.05) is 13.7 Å². The number of amides is 1. The van der Waals surface area contributed by atoms with Gasteiger partial charge < -0.3 is 14.4 Å². The van der Waals surface area contributed by atoms with E-state index in [0.717, 1.165) is 28.9 Å². The molecule has 5 heteroatoms. The Labute approximate surface area is 155 Å². The molecule has 0 bridgehead atoms. The van der Waals surface area contributed by atoms with Gasteiger partial charge in [-0.25, -0.2) is 9.36 Å². The molecule has 1 aliphatic rings. The Morgan fingerprint density at radius 2 is 1.81 bits per heavy atom. The molecule has 1 amide bonds. The number of fused-ring (bicyclic) bond motifs is 1. The molecule has 0 N–H and O–H groups in total. The van der Waals surface area contributed by atoms with Crippen LogP contribution in [0.1, 0.15) is 31.9 Å². The van der Waals surface area contributed by atoms with Crippen molar-refractivity contribution in [2.24, 2.45) is 7.05 Å². The number of aromatic nitrogens is 1. The second-order valence-electron chi connectivity index (χ2n) is 7.68. The topological polar surface area (TPSA) is 42.7 Å². The van der Waals surface area contributed by atoms with Crippen LogP contribution in [0.15, 0.2) is 36.7 Å². The molecule has 26 heavy (non-hydrogen) atoms. The molecule has 0 atom stereocenters. The minimum atomic E-state index is -0.497. The predicted molar refractivity (Wildman–Crippen MR) is 100.0 cm³/mol. The molecule has 3 rings (SSSR count). The zero-order chi connectivity index (χ0) is 18.9. The maximum Gasteiger partial charge on any atom is 0.410 e. The van der Waals surface area contributed by atoms with Crippen molar-refractivity contribution in [3.63, 3.8) is 0 Å². The summed E-state index contributed by atoms with van der Waals surface area (Å²) in [6.07, 6.45) is 4.55. The lowest BCUT2D eigenvalue weighted by Crippen LogP contribution is -2.40. The maximum absolute atomic E-state index is 12.5. The molecule has 1 aromatic heterocycles. The lowest BCUT2D eigenvalue weighted by Gasteiger charge is -2.33. The van der Waals surface area contributed by atoms with Crippen LogP contribution in [0, 0.1) is 0 Å². The third-order valence-corrected chi connectivity index (χ3v) is 4.53. The number of aryl methyl sites for hydroxylation is 1. The van der Waals surface area contributed by atoms with Gasteiger partial charge in [-0.05, 0) is 49.9 Å². The molecule has 0 radical (unpaired) electrons. The van der Waals surface area contributed by atoms with Gasteiger partial charge in [-0.3, -0.25) is 0 Å². The lowest BCUT2D eigenvalue weighted by atomic mass is 9.91. The maximum atomic E-state index is 12.5. The molecule has 0 saturated heterocycles. The highest BCUT2D eigenvalue weighted by Gasteiger charge is 2.29.